The predicted octanol–water partition coefficient (Wildman–Crippen LogP) is 3.66. The molecule has 1 N–H and O–H groups in total. The maximum absolute atomic E-state index is 11.9. The topological polar surface area (TPSA) is 32.3 Å². The number of benzene rings is 1. The molecule has 1 aromatic heterocycles. The average molecular weight is 321 g/mol. The van der Waals surface area contributed by atoms with Crippen molar-refractivity contribution in [2.45, 2.75) is 6.42 Å². The van der Waals surface area contributed by atoms with Gasteiger partial charge in [-0.2, -0.15) is 0 Å². The lowest BCUT2D eigenvalue weighted by Crippen LogP contribution is -2.30. The van der Waals surface area contributed by atoms with Crippen molar-refractivity contribution in [2.75, 3.05) is 24.5 Å². The highest BCUT2D eigenvalue weighted by Gasteiger charge is 2.23. The van der Waals surface area contributed by atoms with Gasteiger partial charge in [0.1, 0.15) is 0 Å². The fourth-order valence-corrected chi connectivity index (χ4v) is 3.38. The molecule has 21 heavy (non-hydrogen) atoms. The minimum atomic E-state index is 0.0370. The van der Waals surface area contributed by atoms with Crippen molar-refractivity contribution in [3.63, 3.8) is 0 Å². The summed E-state index contributed by atoms with van der Waals surface area (Å²) in [7, 11) is 0. The lowest BCUT2D eigenvalue weighted by molar-refractivity contribution is 0.0952. The fourth-order valence-electron chi connectivity index (χ4n) is 2.62. The van der Waals surface area contributed by atoms with E-state index in [2.05, 4.69) is 22.3 Å². The molecule has 5 heteroatoms. The molecule has 1 fully saturated rings. The fraction of sp³-hybridized carbons (Fsp3) is 0.312. The van der Waals surface area contributed by atoms with Crippen LogP contribution in [0.5, 0.6) is 0 Å². The molecular weight excluding hydrogens is 304 g/mol. The number of anilines is 1. The van der Waals surface area contributed by atoms with Crippen LogP contribution in [-0.2, 0) is 0 Å². The van der Waals surface area contributed by atoms with Gasteiger partial charge in [0, 0.05) is 30.3 Å². The number of halogens is 1. The molecule has 1 unspecified atom stereocenters. The lowest BCUT2D eigenvalue weighted by atomic mass is 10.1. The molecule has 3 nitrogen and oxygen atoms in total. The summed E-state index contributed by atoms with van der Waals surface area (Å²) in [6.45, 7) is 2.74. The largest absolute Gasteiger partial charge is 0.371 e. The highest BCUT2D eigenvalue weighted by molar-refractivity contribution is 7.12. The van der Waals surface area contributed by atoms with Crippen molar-refractivity contribution in [1.29, 1.82) is 0 Å². The Morgan fingerprint density at radius 2 is 2.14 bits per heavy atom. The standard InChI is InChI=1S/C16H17ClN2OS/c17-13-3-5-14(6-4-13)19-8-7-12(11-19)10-18-16(20)15-2-1-9-21-15/h1-6,9,12H,7-8,10-11H2,(H,18,20). The van der Waals surface area contributed by atoms with E-state index in [0.717, 1.165) is 36.0 Å². The van der Waals surface area contributed by atoms with Crippen LogP contribution in [0.3, 0.4) is 0 Å². The summed E-state index contributed by atoms with van der Waals surface area (Å²) in [4.78, 5) is 15.0. The summed E-state index contributed by atoms with van der Waals surface area (Å²) in [6, 6.07) is 11.7. The second-order valence-electron chi connectivity index (χ2n) is 5.26. The number of hydrogen-bond acceptors (Lipinski definition) is 3. The maximum atomic E-state index is 11.9. The van der Waals surface area contributed by atoms with Crippen molar-refractivity contribution in [2.24, 2.45) is 5.92 Å². The van der Waals surface area contributed by atoms with Gasteiger partial charge < -0.3 is 10.2 Å². The van der Waals surface area contributed by atoms with Crippen molar-refractivity contribution < 1.29 is 4.79 Å². The Bertz CT molecular complexity index is 597. The smallest absolute Gasteiger partial charge is 0.261 e. The van der Waals surface area contributed by atoms with Crippen LogP contribution in [0, 0.1) is 5.92 Å². The molecule has 0 bridgehead atoms. The highest BCUT2D eigenvalue weighted by Crippen LogP contribution is 2.24. The average Bonchev–Trinajstić information content (AvgIpc) is 3.17. The Morgan fingerprint density at radius 3 is 2.86 bits per heavy atom. The molecule has 2 heterocycles. The summed E-state index contributed by atoms with van der Waals surface area (Å²) in [5.41, 5.74) is 1.20. The molecule has 110 valence electrons. The number of carbonyl (C=O) groups is 1. The number of carbonyl (C=O) groups excluding carboxylic acids is 1. The summed E-state index contributed by atoms with van der Waals surface area (Å²) in [5.74, 6) is 0.541. The molecule has 0 aliphatic carbocycles. The Labute approximate surface area is 133 Å². The van der Waals surface area contributed by atoms with E-state index in [0.29, 0.717) is 5.92 Å². The van der Waals surface area contributed by atoms with E-state index in [1.54, 1.807) is 0 Å². The quantitative estimate of drug-likeness (QED) is 0.932. The maximum Gasteiger partial charge on any atom is 0.261 e. The second-order valence-corrected chi connectivity index (χ2v) is 6.65. The molecule has 1 aliphatic rings. The summed E-state index contributed by atoms with van der Waals surface area (Å²) < 4.78 is 0. The summed E-state index contributed by atoms with van der Waals surface area (Å²) in [6.07, 6.45) is 1.10. The number of nitrogens with one attached hydrogen (secondary N) is 1. The van der Waals surface area contributed by atoms with Crippen molar-refractivity contribution in [1.82, 2.24) is 5.32 Å². The van der Waals surface area contributed by atoms with Crippen LogP contribution in [0.15, 0.2) is 41.8 Å². The van der Waals surface area contributed by atoms with Crippen LogP contribution in [0.4, 0.5) is 5.69 Å². The van der Waals surface area contributed by atoms with E-state index in [1.165, 1.54) is 17.0 Å². The molecule has 1 amide bonds. The molecule has 1 aromatic carbocycles. The van der Waals surface area contributed by atoms with Crippen molar-refractivity contribution >= 4 is 34.5 Å². The lowest BCUT2D eigenvalue weighted by Gasteiger charge is -2.18. The Morgan fingerprint density at radius 1 is 1.33 bits per heavy atom. The van der Waals surface area contributed by atoms with Gasteiger partial charge in [-0.25, -0.2) is 0 Å². The first-order valence-corrected chi connectivity index (χ1v) is 8.30. The molecule has 1 atom stereocenters. The zero-order valence-electron chi connectivity index (χ0n) is 11.6. The van der Waals surface area contributed by atoms with Gasteiger partial charge >= 0.3 is 0 Å². The van der Waals surface area contributed by atoms with Crippen LogP contribution < -0.4 is 10.2 Å². The van der Waals surface area contributed by atoms with Gasteiger partial charge in [0.2, 0.25) is 0 Å². The molecule has 0 saturated carbocycles. The van der Waals surface area contributed by atoms with E-state index in [1.807, 2.05) is 29.6 Å². The van der Waals surface area contributed by atoms with Crippen LogP contribution in [0.25, 0.3) is 0 Å². The first kappa shape index (κ1) is 14.4. The second kappa shape index (κ2) is 6.50. The van der Waals surface area contributed by atoms with E-state index in [9.17, 15) is 4.79 Å². The van der Waals surface area contributed by atoms with Gasteiger partial charge in [-0.3, -0.25) is 4.79 Å². The molecule has 1 saturated heterocycles. The number of hydrogen-bond donors (Lipinski definition) is 1. The zero-order valence-corrected chi connectivity index (χ0v) is 13.2. The molecule has 0 radical (unpaired) electrons. The summed E-state index contributed by atoms with van der Waals surface area (Å²) >= 11 is 7.39. The van der Waals surface area contributed by atoms with Crippen molar-refractivity contribution in [3.05, 3.63) is 51.7 Å². The van der Waals surface area contributed by atoms with Crippen LogP contribution in [0.2, 0.25) is 5.02 Å². The molecule has 0 spiro atoms. The number of thiophene rings is 1. The van der Waals surface area contributed by atoms with Crippen LogP contribution in [-0.4, -0.2) is 25.5 Å². The first-order chi connectivity index (χ1) is 10.2. The van der Waals surface area contributed by atoms with Gasteiger partial charge in [-0.05, 0) is 48.1 Å². The monoisotopic (exact) mass is 320 g/mol. The van der Waals surface area contributed by atoms with Crippen molar-refractivity contribution in [3.8, 4) is 0 Å². The predicted molar refractivity (Wildman–Crippen MR) is 88.4 cm³/mol. The van der Waals surface area contributed by atoms with Crippen LogP contribution >= 0.6 is 22.9 Å². The van der Waals surface area contributed by atoms with Gasteiger partial charge in [-0.1, -0.05) is 17.7 Å². The third-order valence-corrected chi connectivity index (χ3v) is 4.89. The number of rotatable bonds is 4. The highest BCUT2D eigenvalue weighted by atomic mass is 35.5. The van der Waals surface area contributed by atoms with Crippen LogP contribution in [0.1, 0.15) is 16.1 Å². The SMILES string of the molecule is O=C(NCC1CCN(c2ccc(Cl)cc2)C1)c1cccs1. The van der Waals surface area contributed by atoms with Gasteiger partial charge in [0.15, 0.2) is 0 Å². The van der Waals surface area contributed by atoms with Gasteiger partial charge in [0.25, 0.3) is 5.91 Å². The first-order valence-electron chi connectivity index (χ1n) is 7.04. The summed E-state index contributed by atoms with van der Waals surface area (Å²) in [5, 5.41) is 5.72. The van der Waals surface area contributed by atoms with E-state index in [-0.39, 0.29) is 5.91 Å². The normalized spacial score (nSPS) is 18.0. The van der Waals surface area contributed by atoms with Gasteiger partial charge in [-0.15, -0.1) is 11.3 Å². The van der Waals surface area contributed by atoms with E-state index >= 15 is 0 Å². The van der Waals surface area contributed by atoms with E-state index < -0.39 is 0 Å². The van der Waals surface area contributed by atoms with Gasteiger partial charge in [0.05, 0.1) is 4.88 Å². The Kier molecular flexibility index (Phi) is 4.46. The van der Waals surface area contributed by atoms with E-state index in [4.69, 9.17) is 11.6 Å². The molecule has 2 aromatic rings. The Balaban J connectivity index is 1.51. The minimum Gasteiger partial charge on any atom is -0.371 e. The third kappa shape index (κ3) is 3.57. The molecular formula is C16H17ClN2OS. The molecule has 3 rings (SSSR count). The Hall–Kier alpha value is -1.52. The minimum absolute atomic E-state index is 0.0370. The molecule has 1 aliphatic heterocycles. The zero-order chi connectivity index (χ0) is 14.7. The number of nitrogens with zero attached hydrogens (tertiary/aromatic N) is 1. The third-order valence-electron chi connectivity index (χ3n) is 3.77. The number of amides is 1.